The van der Waals surface area contributed by atoms with Crippen molar-refractivity contribution in [2.45, 2.75) is 52.1 Å². The molecule has 1 amide bonds. The Bertz CT molecular complexity index is 690. The Morgan fingerprint density at radius 2 is 1.92 bits per heavy atom. The second-order valence-electron chi connectivity index (χ2n) is 7.03. The van der Waals surface area contributed by atoms with Crippen LogP contribution in [0.1, 0.15) is 66.5 Å². The molecule has 1 aliphatic carbocycles. The maximum atomic E-state index is 12.0. The number of amides is 1. The van der Waals surface area contributed by atoms with Gasteiger partial charge in [-0.15, -0.1) is 0 Å². The van der Waals surface area contributed by atoms with Crippen molar-refractivity contribution in [3.8, 4) is 0 Å². The van der Waals surface area contributed by atoms with Crippen LogP contribution in [-0.4, -0.2) is 12.5 Å². The smallest absolute Gasteiger partial charge is 0.251 e. The van der Waals surface area contributed by atoms with Gasteiger partial charge in [-0.3, -0.25) is 4.79 Å². The lowest BCUT2D eigenvalue weighted by molar-refractivity contribution is 0.0953. The first kappa shape index (κ1) is 17.7. The molecule has 1 heterocycles. The Morgan fingerprint density at radius 3 is 2.60 bits per heavy atom. The molecule has 0 radical (unpaired) electrons. The maximum absolute atomic E-state index is 12.0. The summed E-state index contributed by atoms with van der Waals surface area (Å²) in [4.78, 5) is 12.0. The third-order valence-electron chi connectivity index (χ3n) is 4.82. The van der Waals surface area contributed by atoms with Gasteiger partial charge in [-0.2, -0.15) is 0 Å². The summed E-state index contributed by atoms with van der Waals surface area (Å²) >= 11 is 0. The van der Waals surface area contributed by atoms with Crippen molar-refractivity contribution in [1.29, 1.82) is 0 Å². The van der Waals surface area contributed by atoms with Crippen molar-refractivity contribution >= 4 is 5.91 Å². The molecule has 0 spiro atoms. The Morgan fingerprint density at radius 1 is 1.16 bits per heavy atom. The number of nitrogens with one attached hydrogen (secondary N) is 2. The van der Waals surface area contributed by atoms with E-state index < -0.39 is 0 Å². The first-order chi connectivity index (χ1) is 12.2. The van der Waals surface area contributed by atoms with Gasteiger partial charge in [0, 0.05) is 24.6 Å². The summed E-state index contributed by atoms with van der Waals surface area (Å²) in [5, 5.41) is 6.33. The van der Waals surface area contributed by atoms with Gasteiger partial charge in [0.15, 0.2) is 0 Å². The minimum Gasteiger partial charge on any atom is -0.464 e. The van der Waals surface area contributed by atoms with E-state index >= 15 is 0 Å². The molecule has 0 bridgehead atoms. The van der Waals surface area contributed by atoms with Gasteiger partial charge in [0.2, 0.25) is 0 Å². The van der Waals surface area contributed by atoms with Crippen LogP contribution < -0.4 is 10.6 Å². The third-order valence-corrected chi connectivity index (χ3v) is 4.82. The summed E-state index contributed by atoms with van der Waals surface area (Å²) in [6.07, 6.45) is 3.35. The SMILES string of the molecule is CCCCNC(=O)c1ccc(CNCc2ccc(C3CC3C)o2)cc1. The molecule has 3 rings (SSSR count). The van der Waals surface area contributed by atoms with E-state index in [-0.39, 0.29) is 5.91 Å². The largest absolute Gasteiger partial charge is 0.464 e. The first-order valence-corrected chi connectivity index (χ1v) is 9.34. The Hall–Kier alpha value is -2.07. The molecular weight excluding hydrogens is 312 g/mol. The normalized spacial score (nSPS) is 19.0. The summed E-state index contributed by atoms with van der Waals surface area (Å²) in [5.74, 6) is 3.52. The predicted octanol–water partition coefficient (Wildman–Crippen LogP) is 4.22. The van der Waals surface area contributed by atoms with Gasteiger partial charge in [0.1, 0.15) is 11.5 Å². The Kier molecular flexibility index (Phi) is 5.92. The van der Waals surface area contributed by atoms with E-state index in [4.69, 9.17) is 4.42 Å². The Balaban J connectivity index is 1.42. The minimum absolute atomic E-state index is 0.00498. The van der Waals surface area contributed by atoms with Gasteiger partial charge in [-0.25, -0.2) is 0 Å². The van der Waals surface area contributed by atoms with E-state index in [1.54, 1.807) is 0 Å². The minimum atomic E-state index is 0.00498. The Labute approximate surface area is 150 Å². The summed E-state index contributed by atoms with van der Waals surface area (Å²) in [6, 6.07) is 12.0. The van der Waals surface area contributed by atoms with Crippen LogP contribution in [0.15, 0.2) is 40.8 Å². The number of benzene rings is 1. The molecule has 0 aliphatic heterocycles. The second kappa shape index (κ2) is 8.34. The summed E-state index contributed by atoms with van der Waals surface area (Å²) in [5.41, 5.74) is 1.88. The van der Waals surface area contributed by atoms with Crippen molar-refractivity contribution < 1.29 is 9.21 Å². The lowest BCUT2D eigenvalue weighted by Crippen LogP contribution is -2.24. The summed E-state index contributed by atoms with van der Waals surface area (Å²) in [7, 11) is 0. The molecule has 2 aromatic rings. The standard InChI is InChI=1S/C21H28N2O2/c1-3-4-11-23-21(24)17-7-5-16(6-8-17)13-22-14-18-9-10-20(25-18)19-12-15(19)2/h5-10,15,19,22H,3-4,11-14H2,1-2H3,(H,23,24). The average molecular weight is 340 g/mol. The van der Waals surface area contributed by atoms with Gasteiger partial charge in [0.05, 0.1) is 6.54 Å². The highest BCUT2D eigenvalue weighted by molar-refractivity contribution is 5.94. The summed E-state index contributed by atoms with van der Waals surface area (Å²) in [6.45, 7) is 6.60. The van der Waals surface area contributed by atoms with Crippen LogP contribution in [0.25, 0.3) is 0 Å². The quantitative estimate of drug-likeness (QED) is 0.672. The highest BCUT2D eigenvalue weighted by Crippen LogP contribution is 2.47. The van der Waals surface area contributed by atoms with E-state index in [2.05, 4.69) is 36.6 Å². The molecule has 1 aromatic heterocycles. The van der Waals surface area contributed by atoms with Crippen LogP contribution in [0.4, 0.5) is 0 Å². The zero-order valence-corrected chi connectivity index (χ0v) is 15.2. The molecule has 0 saturated heterocycles. The van der Waals surface area contributed by atoms with Crippen LogP contribution in [0.2, 0.25) is 0 Å². The molecular formula is C21H28N2O2. The number of rotatable bonds is 9. The van der Waals surface area contributed by atoms with Crippen LogP contribution in [-0.2, 0) is 13.1 Å². The van der Waals surface area contributed by atoms with E-state index in [1.165, 1.54) is 6.42 Å². The second-order valence-corrected chi connectivity index (χ2v) is 7.03. The van der Waals surface area contributed by atoms with Crippen molar-refractivity contribution in [3.05, 3.63) is 59.0 Å². The van der Waals surface area contributed by atoms with Crippen LogP contribution in [0, 0.1) is 5.92 Å². The maximum Gasteiger partial charge on any atom is 0.251 e. The lowest BCUT2D eigenvalue weighted by atomic mass is 10.1. The molecule has 2 atom stereocenters. The molecule has 1 saturated carbocycles. The van der Waals surface area contributed by atoms with E-state index in [0.29, 0.717) is 11.5 Å². The van der Waals surface area contributed by atoms with E-state index in [1.807, 2.05) is 24.3 Å². The van der Waals surface area contributed by atoms with Crippen molar-refractivity contribution in [1.82, 2.24) is 10.6 Å². The number of hydrogen-bond donors (Lipinski definition) is 2. The molecule has 2 unspecified atom stereocenters. The van der Waals surface area contributed by atoms with Gasteiger partial charge in [-0.1, -0.05) is 32.4 Å². The fraction of sp³-hybridized carbons (Fsp3) is 0.476. The van der Waals surface area contributed by atoms with Crippen LogP contribution in [0.3, 0.4) is 0 Å². The molecule has 134 valence electrons. The molecule has 1 fully saturated rings. The molecule has 2 N–H and O–H groups in total. The van der Waals surface area contributed by atoms with Gasteiger partial charge >= 0.3 is 0 Å². The molecule has 1 aromatic carbocycles. The number of carbonyl (C=O) groups is 1. The zero-order valence-electron chi connectivity index (χ0n) is 15.2. The fourth-order valence-corrected chi connectivity index (χ4v) is 2.99. The van der Waals surface area contributed by atoms with Crippen molar-refractivity contribution in [2.24, 2.45) is 5.92 Å². The topological polar surface area (TPSA) is 54.3 Å². The van der Waals surface area contributed by atoms with Gasteiger partial charge in [0.25, 0.3) is 5.91 Å². The zero-order chi connectivity index (χ0) is 17.6. The van der Waals surface area contributed by atoms with Gasteiger partial charge < -0.3 is 15.1 Å². The van der Waals surface area contributed by atoms with E-state index in [0.717, 1.165) is 55.5 Å². The number of unbranched alkanes of at least 4 members (excludes halogenated alkanes) is 1. The summed E-state index contributed by atoms with van der Waals surface area (Å²) < 4.78 is 5.90. The fourth-order valence-electron chi connectivity index (χ4n) is 2.99. The highest BCUT2D eigenvalue weighted by atomic mass is 16.3. The molecule has 4 nitrogen and oxygen atoms in total. The van der Waals surface area contributed by atoms with Gasteiger partial charge in [-0.05, 0) is 48.6 Å². The van der Waals surface area contributed by atoms with Crippen molar-refractivity contribution in [2.75, 3.05) is 6.54 Å². The molecule has 4 heteroatoms. The number of carbonyl (C=O) groups excluding carboxylic acids is 1. The lowest BCUT2D eigenvalue weighted by Gasteiger charge is -2.06. The third kappa shape index (κ3) is 4.95. The average Bonchev–Trinajstić information content (AvgIpc) is 3.16. The highest BCUT2D eigenvalue weighted by Gasteiger charge is 2.36. The monoisotopic (exact) mass is 340 g/mol. The molecule has 25 heavy (non-hydrogen) atoms. The van der Waals surface area contributed by atoms with Crippen LogP contribution in [0.5, 0.6) is 0 Å². The van der Waals surface area contributed by atoms with Crippen LogP contribution >= 0.6 is 0 Å². The van der Waals surface area contributed by atoms with E-state index in [9.17, 15) is 4.79 Å². The predicted molar refractivity (Wildman–Crippen MR) is 99.5 cm³/mol. The first-order valence-electron chi connectivity index (χ1n) is 9.34. The van der Waals surface area contributed by atoms with Crippen molar-refractivity contribution in [3.63, 3.8) is 0 Å². The number of hydrogen-bond acceptors (Lipinski definition) is 3. The number of furan rings is 1. The molecule has 1 aliphatic rings.